The van der Waals surface area contributed by atoms with Gasteiger partial charge in [-0.05, 0) is 30.5 Å². The summed E-state index contributed by atoms with van der Waals surface area (Å²) < 4.78 is 13.2. The van der Waals surface area contributed by atoms with Crippen LogP contribution in [0.5, 0.6) is 0 Å². The molecule has 88 valence electrons. The zero-order valence-electron chi connectivity index (χ0n) is 9.39. The number of hydrogen-bond acceptors (Lipinski definition) is 0. The highest BCUT2D eigenvalue weighted by Gasteiger charge is 2.05. The van der Waals surface area contributed by atoms with Crippen molar-refractivity contribution in [2.24, 2.45) is 0 Å². The maximum Gasteiger partial charge on any atom is 0.144 e. The van der Waals surface area contributed by atoms with E-state index in [0.717, 1.165) is 24.8 Å². The largest absolute Gasteiger partial charge is 0.671 e. The van der Waals surface area contributed by atoms with E-state index in [4.69, 9.17) is 17.3 Å². The first-order valence-corrected chi connectivity index (χ1v) is 5.70. The summed E-state index contributed by atoms with van der Waals surface area (Å²) in [7, 11) is 0. The molecule has 0 unspecified atom stereocenters. The van der Waals surface area contributed by atoms with Gasteiger partial charge in [0.15, 0.2) is 0 Å². The van der Waals surface area contributed by atoms with Crippen LogP contribution in [0, 0.1) is 12.7 Å². The maximum atomic E-state index is 13.2. The SMILES string of the molecule is C=C[C@H]([NH-])CCCc1cc(C)c(F)c(Cl)c1. The van der Waals surface area contributed by atoms with Crippen molar-refractivity contribution in [1.29, 1.82) is 0 Å². The highest BCUT2D eigenvalue weighted by atomic mass is 35.5. The summed E-state index contributed by atoms with van der Waals surface area (Å²) in [5.41, 5.74) is 9.11. The molecule has 0 bridgehead atoms. The molecule has 1 atom stereocenters. The van der Waals surface area contributed by atoms with Crippen LogP contribution in [0.1, 0.15) is 24.0 Å². The molecule has 0 heterocycles. The topological polar surface area (TPSA) is 23.8 Å². The highest BCUT2D eigenvalue weighted by molar-refractivity contribution is 6.30. The minimum absolute atomic E-state index is 0.182. The minimum atomic E-state index is -0.338. The zero-order valence-corrected chi connectivity index (χ0v) is 10.1. The normalized spacial score (nSPS) is 12.5. The quantitative estimate of drug-likeness (QED) is 0.666. The van der Waals surface area contributed by atoms with Gasteiger partial charge in [0.25, 0.3) is 0 Å². The molecule has 0 saturated carbocycles. The Balaban J connectivity index is 2.58. The fourth-order valence-electron chi connectivity index (χ4n) is 1.59. The summed E-state index contributed by atoms with van der Waals surface area (Å²) in [6.45, 7) is 5.28. The third-order valence-corrected chi connectivity index (χ3v) is 2.81. The molecule has 0 aromatic heterocycles. The van der Waals surface area contributed by atoms with Crippen molar-refractivity contribution >= 4 is 11.6 Å². The van der Waals surface area contributed by atoms with E-state index in [-0.39, 0.29) is 16.9 Å². The number of aryl methyl sites for hydroxylation is 2. The van der Waals surface area contributed by atoms with E-state index in [1.165, 1.54) is 0 Å². The zero-order chi connectivity index (χ0) is 12.1. The Morgan fingerprint density at radius 2 is 2.25 bits per heavy atom. The summed E-state index contributed by atoms with van der Waals surface area (Å²) in [5, 5.41) is 0.182. The first kappa shape index (κ1) is 13.2. The van der Waals surface area contributed by atoms with Crippen LogP contribution in [0.3, 0.4) is 0 Å². The lowest BCUT2D eigenvalue weighted by Crippen LogP contribution is -1.97. The Bertz CT molecular complexity index is 353. The van der Waals surface area contributed by atoms with Gasteiger partial charge in [0.2, 0.25) is 0 Å². The molecule has 16 heavy (non-hydrogen) atoms. The molecule has 1 rings (SSSR count). The van der Waals surface area contributed by atoms with Gasteiger partial charge in [-0.2, -0.15) is 0 Å². The number of benzene rings is 1. The molecular formula is C13H16ClFN-. The molecular weight excluding hydrogens is 225 g/mol. The van der Waals surface area contributed by atoms with E-state index in [2.05, 4.69) is 6.58 Å². The molecule has 1 aromatic carbocycles. The lowest BCUT2D eigenvalue weighted by atomic mass is 10.0. The van der Waals surface area contributed by atoms with E-state index in [0.29, 0.717) is 5.56 Å². The molecule has 0 aliphatic heterocycles. The van der Waals surface area contributed by atoms with Crippen molar-refractivity contribution in [3.05, 3.63) is 52.5 Å². The van der Waals surface area contributed by atoms with Crippen LogP contribution in [0.2, 0.25) is 5.02 Å². The van der Waals surface area contributed by atoms with E-state index in [1.807, 2.05) is 6.07 Å². The lowest BCUT2D eigenvalue weighted by molar-refractivity contribution is 0.617. The van der Waals surface area contributed by atoms with Crippen molar-refractivity contribution in [1.82, 2.24) is 0 Å². The molecule has 0 amide bonds. The predicted molar refractivity (Wildman–Crippen MR) is 67.4 cm³/mol. The predicted octanol–water partition coefficient (Wildman–Crippen LogP) is 4.72. The van der Waals surface area contributed by atoms with Gasteiger partial charge in [-0.3, -0.25) is 0 Å². The summed E-state index contributed by atoms with van der Waals surface area (Å²) in [6, 6.07) is 3.27. The van der Waals surface area contributed by atoms with Crippen molar-refractivity contribution in [2.75, 3.05) is 0 Å². The molecule has 0 aliphatic carbocycles. The van der Waals surface area contributed by atoms with Gasteiger partial charge >= 0.3 is 0 Å². The average molecular weight is 241 g/mol. The minimum Gasteiger partial charge on any atom is -0.671 e. The highest BCUT2D eigenvalue weighted by Crippen LogP contribution is 2.21. The fourth-order valence-corrected chi connectivity index (χ4v) is 1.88. The second-order valence-corrected chi connectivity index (χ2v) is 4.35. The van der Waals surface area contributed by atoms with Gasteiger partial charge in [-0.15, -0.1) is 18.7 Å². The maximum absolute atomic E-state index is 13.2. The van der Waals surface area contributed by atoms with Crippen molar-refractivity contribution < 1.29 is 4.39 Å². The van der Waals surface area contributed by atoms with E-state index in [1.54, 1.807) is 19.1 Å². The first-order chi connectivity index (χ1) is 7.54. The Kier molecular flexibility index (Phi) is 4.97. The van der Waals surface area contributed by atoms with Crippen LogP contribution >= 0.6 is 11.6 Å². The Labute approximate surface area is 101 Å². The molecule has 0 aliphatic rings. The third kappa shape index (κ3) is 3.62. The second-order valence-electron chi connectivity index (χ2n) is 3.94. The molecule has 0 saturated heterocycles. The smallest absolute Gasteiger partial charge is 0.144 e. The Morgan fingerprint density at radius 3 is 2.81 bits per heavy atom. The fraction of sp³-hybridized carbons (Fsp3) is 0.385. The van der Waals surface area contributed by atoms with Crippen molar-refractivity contribution in [3.8, 4) is 0 Å². The second kappa shape index (κ2) is 6.02. The van der Waals surface area contributed by atoms with Gasteiger partial charge < -0.3 is 5.73 Å². The summed E-state index contributed by atoms with van der Waals surface area (Å²) in [5.74, 6) is -0.338. The molecule has 3 heteroatoms. The van der Waals surface area contributed by atoms with Crippen LogP contribution in [0.4, 0.5) is 4.39 Å². The number of rotatable bonds is 5. The van der Waals surface area contributed by atoms with Gasteiger partial charge in [-0.25, -0.2) is 4.39 Å². The van der Waals surface area contributed by atoms with Crippen LogP contribution in [-0.4, -0.2) is 6.04 Å². The van der Waals surface area contributed by atoms with Crippen molar-refractivity contribution in [2.45, 2.75) is 32.2 Å². The van der Waals surface area contributed by atoms with E-state index < -0.39 is 0 Å². The molecule has 0 radical (unpaired) electrons. The third-order valence-electron chi connectivity index (χ3n) is 2.54. The van der Waals surface area contributed by atoms with Crippen LogP contribution in [-0.2, 0) is 6.42 Å². The first-order valence-electron chi connectivity index (χ1n) is 5.32. The molecule has 1 aromatic rings. The van der Waals surface area contributed by atoms with Crippen molar-refractivity contribution in [3.63, 3.8) is 0 Å². The Hall–Kier alpha value is -0.860. The van der Waals surface area contributed by atoms with E-state index in [9.17, 15) is 4.39 Å². The van der Waals surface area contributed by atoms with Crippen LogP contribution in [0.25, 0.3) is 5.73 Å². The van der Waals surface area contributed by atoms with Crippen LogP contribution in [0.15, 0.2) is 24.8 Å². The summed E-state index contributed by atoms with van der Waals surface area (Å²) in [4.78, 5) is 0. The monoisotopic (exact) mass is 240 g/mol. The van der Waals surface area contributed by atoms with Gasteiger partial charge in [0.05, 0.1) is 5.02 Å². The molecule has 1 N–H and O–H groups in total. The summed E-state index contributed by atoms with van der Waals surface area (Å²) >= 11 is 5.76. The van der Waals surface area contributed by atoms with E-state index >= 15 is 0 Å². The molecule has 1 nitrogen and oxygen atoms in total. The van der Waals surface area contributed by atoms with Gasteiger partial charge in [0, 0.05) is 0 Å². The number of hydrogen-bond donors (Lipinski definition) is 0. The van der Waals surface area contributed by atoms with Gasteiger partial charge in [-0.1, -0.05) is 30.5 Å². The number of halogens is 2. The molecule has 0 fully saturated rings. The summed E-state index contributed by atoms with van der Waals surface area (Å²) in [6.07, 6.45) is 4.12. The van der Waals surface area contributed by atoms with Crippen LogP contribution < -0.4 is 0 Å². The van der Waals surface area contributed by atoms with Gasteiger partial charge in [0.1, 0.15) is 5.82 Å². The number of nitrogens with one attached hydrogen (secondary N) is 1. The molecule has 0 spiro atoms. The average Bonchev–Trinajstić information content (AvgIpc) is 2.25. The standard InChI is InChI=1S/C13H16ClFN/c1-3-11(16)6-4-5-10-7-9(2)13(15)12(14)8-10/h3,7-8,11,16H,1,4-6H2,2H3/q-1/t11-/m0/s1. The Morgan fingerprint density at radius 1 is 1.56 bits per heavy atom. The lowest BCUT2D eigenvalue weighted by Gasteiger charge is -2.14.